The van der Waals surface area contributed by atoms with Crippen molar-refractivity contribution >= 4 is 28.2 Å². The lowest BCUT2D eigenvalue weighted by molar-refractivity contribution is -0.137. The maximum absolute atomic E-state index is 13.1. The maximum Gasteiger partial charge on any atom is 0.416 e. The number of hydrogen-bond acceptors (Lipinski definition) is 3. The second-order valence-corrected chi connectivity index (χ2v) is 7.60. The first-order valence-corrected chi connectivity index (χ1v) is 10.6. The summed E-state index contributed by atoms with van der Waals surface area (Å²) in [4.78, 5) is 20.8. The molecule has 0 spiro atoms. The average Bonchev–Trinajstić information content (AvgIpc) is 3.24. The van der Waals surface area contributed by atoms with E-state index in [0.29, 0.717) is 24.3 Å². The van der Waals surface area contributed by atoms with Crippen LogP contribution in [0.15, 0.2) is 84.0 Å². The number of halogens is 3. The van der Waals surface area contributed by atoms with Gasteiger partial charge in [0, 0.05) is 34.9 Å². The molecule has 1 aromatic heterocycles. The maximum atomic E-state index is 13.1. The SMILES string of the molecule is COc1ccc(C(=NCCc2c[nH]c3ccccc23)C(=O)Nc2cccc(C(F)(F)F)c2)cc1. The van der Waals surface area contributed by atoms with Crippen LogP contribution in [0.25, 0.3) is 10.9 Å². The van der Waals surface area contributed by atoms with Gasteiger partial charge < -0.3 is 15.0 Å². The van der Waals surface area contributed by atoms with E-state index in [4.69, 9.17) is 4.74 Å². The molecular weight excluding hydrogens is 443 g/mol. The molecule has 2 N–H and O–H groups in total. The Morgan fingerprint density at radius 1 is 1.03 bits per heavy atom. The summed E-state index contributed by atoms with van der Waals surface area (Å²) in [5.41, 5.74) is 1.93. The molecule has 1 heterocycles. The number of carbonyl (C=O) groups excluding carboxylic acids is 1. The van der Waals surface area contributed by atoms with Crippen LogP contribution in [0.5, 0.6) is 5.75 Å². The van der Waals surface area contributed by atoms with Gasteiger partial charge in [0.25, 0.3) is 5.91 Å². The van der Waals surface area contributed by atoms with Crippen molar-refractivity contribution < 1.29 is 22.7 Å². The number of nitrogens with one attached hydrogen (secondary N) is 2. The number of nitrogens with zero attached hydrogens (tertiary/aromatic N) is 1. The summed E-state index contributed by atoms with van der Waals surface area (Å²) in [7, 11) is 1.53. The van der Waals surface area contributed by atoms with Crippen LogP contribution in [-0.2, 0) is 17.4 Å². The van der Waals surface area contributed by atoms with E-state index in [0.717, 1.165) is 28.6 Å². The van der Waals surface area contributed by atoms with Gasteiger partial charge in [-0.15, -0.1) is 0 Å². The summed E-state index contributed by atoms with van der Waals surface area (Å²) in [6.07, 6.45) is -2.01. The van der Waals surface area contributed by atoms with Gasteiger partial charge in [-0.25, -0.2) is 0 Å². The Kier molecular flexibility index (Phi) is 6.67. The van der Waals surface area contributed by atoms with E-state index >= 15 is 0 Å². The Balaban J connectivity index is 1.59. The normalized spacial score (nSPS) is 12.1. The summed E-state index contributed by atoms with van der Waals surface area (Å²) in [6, 6.07) is 19.2. The van der Waals surface area contributed by atoms with Crippen molar-refractivity contribution in [3.05, 3.63) is 95.7 Å². The molecule has 34 heavy (non-hydrogen) atoms. The first-order chi connectivity index (χ1) is 16.3. The molecule has 4 rings (SSSR count). The van der Waals surface area contributed by atoms with Gasteiger partial charge in [0.05, 0.1) is 12.7 Å². The van der Waals surface area contributed by atoms with Crippen molar-refractivity contribution in [2.45, 2.75) is 12.6 Å². The number of amides is 1. The third-order valence-corrected chi connectivity index (χ3v) is 5.35. The summed E-state index contributed by atoms with van der Waals surface area (Å²) in [5.74, 6) is 0.0172. The molecule has 0 aliphatic heterocycles. The number of aromatic amines is 1. The molecule has 3 aromatic carbocycles. The summed E-state index contributed by atoms with van der Waals surface area (Å²) in [5, 5.41) is 3.63. The number of para-hydroxylation sites is 1. The number of benzene rings is 3. The second kappa shape index (κ2) is 9.82. The number of H-pyrrole nitrogens is 1. The van der Waals surface area contributed by atoms with Gasteiger partial charge >= 0.3 is 6.18 Å². The zero-order valence-electron chi connectivity index (χ0n) is 18.3. The quantitative estimate of drug-likeness (QED) is 0.336. The van der Waals surface area contributed by atoms with Crippen molar-refractivity contribution in [3.8, 4) is 5.75 Å². The van der Waals surface area contributed by atoms with Crippen LogP contribution in [0.2, 0.25) is 0 Å². The van der Waals surface area contributed by atoms with Crippen LogP contribution in [0, 0.1) is 0 Å². The Labute approximate surface area is 194 Å². The molecule has 0 unspecified atom stereocenters. The van der Waals surface area contributed by atoms with E-state index in [2.05, 4.69) is 15.3 Å². The van der Waals surface area contributed by atoms with Crippen molar-refractivity contribution in [1.82, 2.24) is 4.98 Å². The molecule has 0 atom stereocenters. The van der Waals surface area contributed by atoms with Gasteiger partial charge in [0.1, 0.15) is 11.5 Å². The first-order valence-electron chi connectivity index (χ1n) is 10.6. The average molecular weight is 465 g/mol. The van der Waals surface area contributed by atoms with Crippen molar-refractivity contribution in [2.75, 3.05) is 19.0 Å². The Morgan fingerprint density at radius 2 is 1.79 bits per heavy atom. The zero-order chi connectivity index (χ0) is 24.1. The molecule has 0 saturated heterocycles. The van der Waals surface area contributed by atoms with Crippen molar-refractivity contribution in [2.24, 2.45) is 4.99 Å². The summed E-state index contributed by atoms with van der Waals surface area (Å²) < 4.78 is 44.4. The van der Waals surface area contributed by atoms with Gasteiger partial charge in [0.15, 0.2) is 0 Å². The molecule has 8 heteroatoms. The van der Waals surface area contributed by atoms with E-state index in [9.17, 15) is 18.0 Å². The number of aliphatic imine (C=N–C) groups is 1. The summed E-state index contributed by atoms with van der Waals surface area (Å²) >= 11 is 0. The predicted octanol–water partition coefficient (Wildman–Crippen LogP) is 5.87. The van der Waals surface area contributed by atoms with Crippen LogP contribution < -0.4 is 10.1 Å². The highest BCUT2D eigenvalue weighted by Gasteiger charge is 2.30. The highest BCUT2D eigenvalue weighted by Crippen LogP contribution is 2.30. The largest absolute Gasteiger partial charge is 0.497 e. The molecule has 0 bridgehead atoms. The highest BCUT2D eigenvalue weighted by molar-refractivity contribution is 6.48. The van der Waals surface area contributed by atoms with Crippen LogP contribution in [0.4, 0.5) is 18.9 Å². The van der Waals surface area contributed by atoms with Gasteiger partial charge in [-0.3, -0.25) is 9.79 Å². The highest BCUT2D eigenvalue weighted by atomic mass is 19.4. The number of methoxy groups -OCH3 is 1. The van der Waals surface area contributed by atoms with E-state index in [-0.39, 0.29) is 11.4 Å². The Morgan fingerprint density at radius 3 is 2.53 bits per heavy atom. The summed E-state index contributed by atoms with van der Waals surface area (Å²) in [6.45, 7) is 0.319. The number of fused-ring (bicyclic) bond motifs is 1. The fourth-order valence-electron chi connectivity index (χ4n) is 3.63. The minimum Gasteiger partial charge on any atom is -0.497 e. The molecule has 174 valence electrons. The van der Waals surface area contributed by atoms with Gasteiger partial charge in [0.2, 0.25) is 0 Å². The van der Waals surface area contributed by atoms with Crippen LogP contribution in [0.3, 0.4) is 0 Å². The fraction of sp³-hybridized carbons (Fsp3) is 0.154. The number of ether oxygens (including phenoxy) is 1. The molecule has 4 aromatic rings. The van der Waals surface area contributed by atoms with Crippen LogP contribution >= 0.6 is 0 Å². The zero-order valence-corrected chi connectivity index (χ0v) is 18.3. The third kappa shape index (κ3) is 5.28. The minimum atomic E-state index is -4.51. The molecule has 1 amide bonds. The molecule has 0 aliphatic rings. The lowest BCUT2D eigenvalue weighted by Gasteiger charge is -2.12. The Bertz CT molecular complexity index is 1330. The fourth-order valence-corrected chi connectivity index (χ4v) is 3.63. The van der Waals surface area contributed by atoms with E-state index in [1.54, 1.807) is 24.3 Å². The van der Waals surface area contributed by atoms with Gasteiger partial charge in [-0.05, 0) is 60.5 Å². The van der Waals surface area contributed by atoms with E-state index in [1.807, 2.05) is 30.5 Å². The lowest BCUT2D eigenvalue weighted by atomic mass is 10.1. The molecular formula is C26H22F3N3O2. The molecule has 0 saturated carbocycles. The number of aromatic nitrogens is 1. The number of carbonyl (C=O) groups is 1. The predicted molar refractivity (Wildman–Crippen MR) is 126 cm³/mol. The topological polar surface area (TPSA) is 66.5 Å². The smallest absolute Gasteiger partial charge is 0.416 e. The Hall–Kier alpha value is -4.07. The molecule has 0 fully saturated rings. The standard InChI is InChI=1S/C26H22F3N3O2/c1-34-21-11-9-17(10-12-21)24(25(33)32-20-6-4-5-19(15-20)26(27,28)29)30-14-13-18-16-31-23-8-3-2-7-22(18)23/h2-12,15-16,31H,13-14H2,1H3,(H,32,33). The van der Waals surface area contributed by atoms with Gasteiger partial charge in [-0.2, -0.15) is 13.2 Å². The second-order valence-electron chi connectivity index (χ2n) is 7.60. The number of rotatable bonds is 7. The molecule has 0 radical (unpaired) electrons. The van der Waals surface area contributed by atoms with Crippen LogP contribution in [0.1, 0.15) is 16.7 Å². The van der Waals surface area contributed by atoms with E-state index in [1.165, 1.54) is 19.2 Å². The number of alkyl halides is 3. The number of hydrogen-bond donors (Lipinski definition) is 2. The van der Waals surface area contributed by atoms with E-state index < -0.39 is 17.6 Å². The van der Waals surface area contributed by atoms with Crippen LogP contribution in [-0.4, -0.2) is 30.3 Å². The first kappa shape index (κ1) is 23.1. The lowest BCUT2D eigenvalue weighted by Crippen LogP contribution is -2.24. The van der Waals surface area contributed by atoms with Gasteiger partial charge in [-0.1, -0.05) is 24.3 Å². The van der Waals surface area contributed by atoms with Crippen molar-refractivity contribution in [3.63, 3.8) is 0 Å². The number of anilines is 1. The molecule has 5 nitrogen and oxygen atoms in total. The molecule has 0 aliphatic carbocycles. The third-order valence-electron chi connectivity index (χ3n) is 5.35. The van der Waals surface area contributed by atoms with Crippen molar-refractivity contribution in [1.29, 1.82) is 0 Å². The monoisotopic (exact) mass is 465 g/mol. The minimum absolute atomic E-state index is 0.0395.